The molecule has 0 atom stereocenters. The van der Waals surface area contributed by atoms with Crippen molar-refractivity contribution in [3.8, 4) is 0 Å². The molecule has 0 bridgehead atoms. The van der Waals surface area contributed by atoms with E-state index in [9.17, 15) is 17.6 Å². The number of hydrogen-bond acceptors (Lipinski definition) is 3. The molecule has 2 aromatic carbocycles. The van der Waals surface area contributed by atoms with E-state index in [0.717, 1.165) is 3.97 Å². The molecule has 0 saturated carbocycles. The second-order valence-electron chi connectivity index (χ2n) is 5.80. The number of halogens is 1. The van der Waals surface area contributed by atoms with Crippen LogP contribution < -0.4 is 0 Å². The molecule has 0 amide bonds. The molecule has 1 N–H and O–H groups in total. The molecule has 0 spiro atoms. The van der Waals surface area contributed by atoms with Crippen LogP contribution in [0.15, 0.2) is 48.5 Å². The third-order valence-corrected chi connectivity index (χ3v) is 5.77. The lowest BCUT2D eigenvalue weighted by atomic mass is 10.1. The van der Waals surface area contributed by atoms with E-state index < -0.39 is 21.8 Å². The van der Waals surface area contributed by atoms with Crippen LogP contribution in [-0.2, 0) is 27.0 Å². The first-order valence-electron chi connectivity index (χ1n) is 7.58. The van der Waals surface area contributed by atoms with Gasteiger partial charge in [0.1, 0.15) is 5.82 Å². The lowest BCUT2D eigenvalue weighted by Gasteiger charge is -2.10. The predicted octanol–water partition coefficient (Wildman–Crippen LogP) is 3.09. The smallest absolute Gasteiger partial charge is 0.307 e. The van der Waals surface area contributed by atoms with E-state index in [1.165, 1.54) is 18.2 Å². The summed E-state index contributed by atoms with van der Waals surface area (Å²) in [5.74, 6) is -1.88. The SMILES string of the molecule is Cc1c(CC(=O)O)c2cc(F)ccc2n1S(=O)(=O)Cc1ccccc1. The van der Waals surface area contributed by atoms with Gasteiger partial charge in [0.05, 0.1) is 17.7 Å². The van der Waals surface area contributed by atoms with E-state index in [1.807, 2.05) is 0 Å². The van der Waals surface area contributed by atoms with Crippen molar-refractivity contribution in [2.45, 2.75) is 19.1 Å². The normalized spacial score (nSPS) is 11.8. The van der Waals surface area contributed by atoms with Gasteiger partial charge >= 0.3 is 5.97 Å². The van der Waals surface area contributed by atoms with E-state index in [0.29, 0.717) is 22.2 Å². The first kappa shape index (κ1) is 17.2. The van der Waals surface area contributed by atoms with E-state index >= 15 is 0 Å². The largest absolute Gasteiger partial charge is 0.481 e. The van der Waals surface area contributed by atoms with Crippen molar-refractivity contribution < 1.29 is 22.7 Å². The van der Waals surface area contributed by atoms with Crippen molar-refractivity contribution in [1.29, 1.82) is 0 Å². The van der Waals surface area contributed by atoms with Gasteiger partial charge < -0.3 is 5.11 Å². The Bertz CT molecular complexity index is 1060. The molecular weight excluding hydrogens is 345 g/mol. The molecule has 0 aliphatic heterocycles. The van der Waals surface area contributed by atoms with Crippen molar-refractivity contribution in [2.24, 2.45) is 0 Å². The molecule has 0 saturated heterocycles. The lowest BCUT2D eigenvalue weighted by Crippen LogP contribution is -2.17. The fourth-order valence-electron chi connectivity index (χ4n) is 3.01. The lowest BCUT2D eigenvalue weighted by molar-refractivity contribution is -0.136. The Balaban J connectivity index is 2.22. The zero-order valence-corrected chi connectivity index (χ0v) is 14.3. The zero-order chi connectivity index (χ0) is 18.2. The van der Waals surface area contributed by atoms with Crippen molar-refractivity contribution in [3.63, 3.8) is 0 Å². The third-order valence-electron chi connectivity index (χ3n) is 4.04. The molecule has 0 radical (unpaired) electrons. The molecule has 0 fully saturated rings. The average molecular weight is 361 g/mol. The maximum absolute atomic E-state index is 13.6. The van der Waals surface area contributed by atoms with Gasteiger partial charge in [-0.05, 0) is 36.2 Å². The molecular formula is C18H16FNO4S. The van der Waals surface area contributed by atoms with E-state index in [4.69, 9.17) is 5.11 Å². The molecule has 1 heterocycles. The first-order chi connectivity index (χ1) is 11.8. The fraction of sp³-hybridized carbons (Fsp3) is 0.167. The molecule has 25 heavy (non-hydrogen) atoms. The Hall–Kier alpha value is -2.67. The minimum absolute atomic E-state index is 0.234. The Morgan fingerprint density at radius 1 is 1.16 bits per heavy atom. The molecule has 0 aliphatic rings. The van der Waals surface area contributed by atoms with Gasteiger partial charge in [0.25, 0.3) is 0 Å². The van der Waals surface area contributed by atoms with Crippen LogP contribution in [0.4, 0.5) is 4.39 Å². The Morgan fingerprint density at radius 2 is 1.84 bits per heavy atom. The standard InChI is InChI=1S/C18H16FNO4S/c1-12-15(10-18(21)22)16-9-14(19)7-8-17(16)20(12)25(23,24)11-13-5-3-2-4-6-13/h2-9H,10-11H2,1H3,(H,21,22). The molecule has 1 aromatic heterocycles. The number of hydrogen-bond donors (Lipinski definition) is 1. The van der Waals surface area contributed by atoms with Gasteiger partial charge in [-0.25, -0.2) is 16.8 Å². The summed E-state index contributed by atoms with van der Waals surface area (Å²) in [4.78, 5) is 11.1. The van der Waals surface area contributed by atoms with Crippen LogP contribution in [-0.4, -0.2) is 23.5 Å². The molecule has 3 rings (SSSR count). The Labute approximate surface area is 144 Å². The number of fused-ring (bicyclic) bond motifs is 1. The fourth-order valence-corrected chi connectivity index (χ4v) is 4.74. The number of aliphatic carboxylic acids is 1. The van der Waals surface area contributed by atoms with Crippen molar-refractivity contribution >= 4 is 26.9 Å². The van der Waals surface area contributed by atoms with E-state index in [-0.39, 0.29) is 17.7 Å². The van der Waals surface area contributed by atoms with Gasteiger partial charge in [-0.3, -0.25) is 4.79 Å². The summed E-state index contributed by atoms with van der Waals surface area (Å²) in [5, 5.41) is 9.42. The monoisotopic (exact) mass is 361 g/mol. The van der Waals surface area contributed by atoms with Crippen LogP contribution in [0.25, 0.3) is 10.9 Å². The number of nitrogens with zero attached hydrogens (tertiary/aromatic N) is 1. The number of rotatable bonds is 5. The second-order valence-corrected chi connectivity index (χ2v) is 7.62. The van der Waals surface area contributed by atoms with Gasteiger partial charge in [0.15, 0.2) is 0 Å². The van der Waals surface area contributed by atoms with Crippen LogP contribution in [0.5, 0.6) is 0 Å². The summed E-state index contributed by atoms with van der Waals surface area (Å²) < 4.78 is 40.6. The van der Waals surface area contributed by atoms with E-state index in [2.05, 4.69) is 0 Å². The average Bonchev–Trinajstić information content (AvgIpc) is 2.80. The van der Waals surface area contributed by atoms with Crippen LogP contribution in [0, 0.1) is 12.7 Å². The first-order valence-corrected chi connectivity index (χ1v) is 9.19. The number of benzene rings is 2. The van der Waals surface area contributed by atoms with Gasteiger partial charge in [-0.2, -0.15) is 0 Å². The summed E-state index contributed by atoms with van der Waals surface area (Å²) >= 11 is 0. The second kappa shape index (κ2) is 6.33. The topological polar surface area (TPSA) is 76.4 Å². The summed E-state index contributed by atoms with van der Waals surface area (Å²) in [7, 11) is -3.80. The molecule has 0 unspecified atom stereocenters. The summed E-state index contributed by atoms with van der Waals surface area (Å²) in [6, 6.07) is 12.4. The molecule has 0 aliphatic carbocycles. The van der Waals surface area contributed by atoms with Gasteiger partial charge in [0.2, 0.25) is 10.0 Å². The highest BCUT2D eigenvalue weighted by Gasteiger charge is 2.24. The highest BCUT2D eigenvalue weighted by molar-refractivity contribution is 7.89. The molecule has 3 aromatic rings. The highest BCUT2D eigenvalue weighted by Crippen LogP contribution is 2.29. The highest BCUT2D eigenvalue weighted by atomic mass is 32.2. The summed E-state index contributed by atoms with van der Waals surface area (Å²) in [5.41, 5.74) is 1.49. The maximum Gasteiger partial charge on any atom is 0.307 e. The number of carboxylic acid groups (broad SMARTS) is 1. The molecule has 7 heteroatoms. The van der Waals surface area contributed by atoms with Crippen molar-refractivity contribution in [2.75, 3.05) is 0 Å². The van der Waals surface area contributed by atoms with Crippen molar-refractivity contribution in [3.05, 3.63) is 71.2 Å². The number of carbonyl (C=O) groups is 1. The summed E-state index contributed by atoms with van der Waals surface area (Å²) in [6.07, 6.45) is -0.375. The van der Waals surface area contributed by atoms with Crippen LogP contribution in [0.1, 0.15) is 16.8 Å². The Kier molecular flexibility index (Phi) is 4.34. The van der Waals surface area contributed by atoms with Crippen LogP contribution in [0.3, 0.4) is 0 Å². The number of carboxylic acids is 1. The predicted molar refractivity (Wildman–Crippen MR) is 92.4 cm³/mol. The van der Waals surface area contributed by atoms with Crippen LogP contribution >= 0.6 is 0 Å². The maximum atomic E-state index is 13.6. The van der Waals surface area contributed by atoms with Gasteiger partial charge in [-0.1, -0.05) is 30.3 Å². The van der Waals surface area contributed by atoms with Crippen LogP contribution in [0.2, 0.25) is 0 Å². The number of aromatic nitrogens is 1. The minimum atomic E-state index is -3.80. The minimum Gasteiger partial charge on any atom is -0.481 e. The summed E-state index contributed by atoms with van der Waals surface area (Å²) in [6.45, 7) is 1.54. The van der Waals surface area contributed by atoms with Gasteiger partial charge in [0, 0.05) is 11.1 Å². The quantitative estimate of drug-likeness (QED) is 0.758. The zero-order valence-electron chi connectivity index (χ0n) is 13.4. The van der Waals surface area contributed by atoms with Gasteiger partial charge in [-0.15, -0.1) is 0 Å². The molecule has 130 valence electrons. The van der Waals surface area contributed by atoms with Crippen molar-refractivity contribution in [1.82, 2.24) is 3.97 Å². The third kappa shape index (κ3) is 3.28. The molecule has 5 nitrogen and oxygen atoms in total. The van der Waals surface area contributed by atoms with E-state index in [1.54, 1.807) is 37.3 Å². The Morgan fingerprint density at radius 3 is 2.48 bits per heavy atom.